The molecular weight excluding hydrogens is 556 g/mol. The molecule has 2 N–H and O–H groups in total. The van der Waals surface area contributed by atoms with Gasteiger partial charge in [0.25, 0.3) is 5.91 Å². The number of piperazine rings is 1. The van der Waals surface area contributed by atoms with Gasteiger partial charge in [0.1, 0.15) is 11.5 Å². The maximum Gasteiger partial charge on any atom is 0.254 e. The zero-order valence-corrected chi connectivity index (χ0v) is 24.0. The fourth-order valence-electron chi connectivity index (χ4n) is 4.65. The number of nitrogens with zero attached hydrogens (tertiary/aromatic N) is 2. The molecule has 1 aliphatic rings. The summed E-state index contributed by atoms with van der Waals surface area (Å²) < 4.78 is 5.78. The number of carbonyl (C=O) groups is 2. The molecule has 1 aliphatic heterocycles. The highest BCUT2D eigenvalue weighted by Gasteiger charge is 2.24. The molecule has 4 aromatic rings. The van der Waals surface area contributed by atoms with Crippen molar-refractivity contribution in [1.29, 1.82) is 0 Å². The summed E-state index contributed by atoms with van der Waals surface area (Å²) in [5.41, 5.74) is 4.21. The smallest absolute Gasteiger partial charge is 0.254 e. The van der Waals surface area contributed by atoms with Gasteiger partial charge in [0.15, 0.2) is 5.11 Å². The average Bonchev–Trinajstić information content (AvgIpc) is 3.46. The Morgan fingerprint density at radius 3 is 2.39 bits per heavy atom. The summed E-state index contributed by atoms with van der Waals surface area (Å²) in [5, 5.41) is 6.33. The van der Waals surface area contributed by atoms with E-state index in [1.165, 1.54) is 6.08 Å². The first-order chi connectivity index (χ1) is 19.9. The van der Waals surface area contributed by atoms with E-state index in [0.717, 1.165) is 28.1 Å². The Morgan fingerprint density at radius 2 is 1.66 bits per heavy atom. The number of aryl methyl sites for hydroxylation is 1. The van der Waals surface area contributed by atoms with Gasteiger partial charge in [0.2, 0.25) is 5.91 Å². The summed E-state index contributed by atoms with van der Waals surface area (Å²) >= 11 is 11.9. The molecule has 1 saturated heterocycles. The van der Waals surface area contributed by atoms with Crippen LogP contribution in [-0.4, -0.2) is 48.0 Å². The highest BCUT2D eigenvalue weighted by Crippen LogP contribution is 2.30. The van der Waals surface area contributed by atoms with E-state index in [1.54, 1.807) is 18.2 Å². The van der Waals surface area contributed by atoms with Crippen LogP contribution in [0.4, 0.5) is 11.4 Å². The summed E-state index contributed by atoms with van der Waals surface area (Å²) in [5.74, 6) is 0.947. The van der Waals surface area contributed by atoms with Crippen LogP contribution in [0.1, 0.15) is 21.7 Å². The lowest BCUT2D eigenvalue weighted by molar-refractivity contribution is -0.115. The number of hydrogen-bond acceptors (Lipinski definition) is 5. The van der Waals surface area contributed by atoms with Crippen LogP contribution < -0.4 is 15.5 Å². The van der Waals surface area contributed by atoms with Gasteiger partial charge in [0.05, 0.1) is 10.7 Å². The Balaban J connectivity index is 1.12. The minimum absolute atomic E-state index is 0.0555. The summed E-state index contributed by atoms with van der Waals surface area (Å²) in [6.45, 7) is 4.52. The van der Waals surface area contributed by atoms with E-state index in [4.69, 9.17) is 28.2 Å². The number of furan rings is 1. The van der Waals surface area contributed by atoms with Gasteiger partial charge in [-0.1, -0.05) is 60.1 Å². The second-order valence-corrected chi connectivity index (χ2v) is 10.4. The molecule has 5 rings (SSSR count). The molecule has 208 valence electrons. The largest absolute Gasteiger partial charge is 0.457 e. The third kappa shape index (κ3) is 7.03. The molecule has 0 atom stereocenters. The van der Waals surface area contributed by atoms with E-state index in [2.05, 4.69) is 15.5 Å². The van der Waals surface area contributed by atoms with E-state index < -0.39 is 0 Å². The molecule has 0 saturated carbocycles. The number of carbonyl (C=O) groups excluding carboxylic acids is 2. The molecule has 0 bridgehead atoms. The number of benzene rings is 3. The van der Waals surface area contributed by atoms with E-state index >= 15 is 0 Å². The maximum atomic E-state index is 12.9. The monoisotopic (exact) mass is 584 g/mol. The molecule has 0 unspecified atom stereocenters. The highest BCUT2D eigenvalue weighted by molar-refractivity contribution is 7.80. The molecule has 0 aliphatic carbocycles. The molecule has 7 nitrogen and oxygen atoms in total. The predicted octanol–water partition coefficient (Wildman–Crippen LogP) is 6.40. The molecule has 0 spiro atoms. The fraction of sp³-hybridized carbons (Fsp3) is 0.156. The van der Waals surface area contributed by atoms with Gasteiger partial charge in [-0.05, 0) is 67.2 Å². The van der Waals surface area contributed by atoms with Crippen molar-refractivity contribution < 1.29 is 14.0 Å². The average molecular weight is 585 g/mol. The maximum absolute atomic E-state index is 12.9. The van der Waals surface area contributed by atoms with Crippen LogP contribution in [0.5, 0.6) is 0 Å². The normalized spacial score (nSPS) is 13.3. The van der Waals surface area contributed by atoms with E-state index in [0.29, 0.717) is 42.6 Å². The standard InChI is InChI=1S/C32H29ClN4O3S/c1-22-7-5-6-10-26(22)31(39)37-19-17-36(18-20-37)28-14-11-24(21-27(28)33)34-32(41)35-30(38)16-13-25-12-15-29(40-25)23-8-3-2-4-9-23/h2-16,21H,17-20H2,1H3,(H2,34,35,38,41)/b16-13+. The molecule has 3 aromatic carbocycles. The van der Waals surface area contributed by atoms with Gasteiger partial charge in [-0.2, -0.15) is 0 Å². The topological polar surface area (TPSA) is 77.8 Å². The van der Waals surface area contributed by atoms with Crippen LogP contribution >= 0.6 is 23.8 Å². The van der Waals surface area contributed by atoms with E-state index in [9.17, 15) is 9.59 Å². The minimum atomic E-state index is -0.388. The van der Waals surface area contributed by atoms with Crippen LogP contribution in [0, 0.1) is 6.92 Å². The van der Waals surface area contributed by atoms with Crippen molar-refractivity contribution in [1.82, 2.24) is 10.2 Å². The zero-order valence-electron chi connectivity index (χ0n) is 22.5. The van der Waals surface area contributed by atoms with E-state index in [-0.39, 0.29) is 16.9 Å². The molecule has 1 aromatic heterocycles. The van der Waals surface area contributed by atoms with E-state index in [1.807, 2.05) is 84.6 Å². The molecule has 1 fully saturated rings. The van der Waals surface area contributed by atoms with Gasteiger partial charge >= 0.3 is 0 Å². The van der Waals surface area contributed by atoms with Crippen LogP contribution in [0.2, 0.25) is 5.02 Å². The quantitative estimate of drug-likeness (QED) is 0.202. The van der Waals surface area contributed by atoms with Crippen molar-refractivity contribution in [3.8, 4) is 11.3 Å². The van der Waals surface area contributed by atoms with Crippen LogP contribution in [0.3, 0.4) is 0 Å². The lowest BCUT2D eigenvalue weighted by Crippen LogP contribution is -2.49. The van der Waals surface area contributed by atoms with Gasteiger partial charge in [-0.3, -0.25) is 14.9 Å². The van der Waals surface area contributed by atoms with Crippen LogP contribution in [-0.2, 0) is 4.79 Å². The number of nitrogens with one attached hydrogen (secondary N) is 2. The van der Waals surface area contributed by atoms with Crippen LogP contribution in [0.25, 0.3) is 17.4 Å². The van der Waals surface area contributed by atoms with Crippen LogP contribution in [0.15, 0.2) is 95.4 Å². The lowest BCUT2D eigenvalue weighted by atomic mass is 10.1. The zero-order chi connectivity index (χ0) is 28.8. The highest BCUT2D eigenvalue weighted by atomic mass is 35.5. The van der Waals surface area contributed by atoms with Crippen molar-refractivity contribution in [3.63, 3.8) is 0 Å². The van der Waals surface area contributed by atoms with Gasteiger partial charge < -0.3 is 19.5 Å². The molecule has 2 amide bonds. The Morgan fingerprint density at radius 1 is 0.927 bits per heavy atom. The third-order valence-corrected chi connectivity index (χ3v) is 7.32. The van der Waals surface area contributed by atoms with Crippen molar-refractivity contribution in [2.45, 2.75) is 6.92 Å². The first-order valence-corrected chi connectivity index (χ1v) is 14.0. The first-order valence-electron chi connectivity index (χ1n) is 13.2. The summed E-state index contributed by atoms with van der Waals surface area (Å²) in [7, 11) is 0. The second-order valence-electron chi connectivity index (χ2n) is 9.61. The van der Waals surface area contributed by atoms with Gasteiger partial charge in [-0.25, -0.2) is 0 Å². The SMILES string of the molecule is Cc1ccccc1C(=O)N1CCN(c2ccc(NC(=S)NC(=O)/C=C/c3ccc(-c4ccccc4)o3)cc2Cl)CC1. The number of hydrogen-bond donors (Lipinski definition) is 2. The Labute approximate surface area is 249 Å². The minimum Gasteiger partial charge on any atom is -0.457 e. The lowest BCUT2D eigenvalue weighted by Gasteiger charge is -2.36. The molecule has 9 heteroatoms. The summed E-state index contributed by atoms with van der Waals surface area (Å²) in [4.78, 5) is 29.4. The molecule has 0 radical (unpaired) electrons. The Bertz CT molecular complexity index is 1590. The Hall–Kier alpha value is -4.40. The summed E-state index contributed by atoms with van der Waals surface area (Å²) in [6, 6.07) is 26.6. The van der Waals surface area contributed by atoms with Crippen molar-refractivity contribution in [2.75, 3.05) is 36.4 Å². The number of amides is 2. The fourth-order valence-corrected chi connectivity index (χ4v) is 5.17. The van der Waals surface area contributed by atoms with Gasteiger partial charge in [-0.15, -0.1) is 0 Å². The number of anilines is 2. The van der Waals surface area contributed by atoms with Crippen molar-refractivity contribution >= 4 is 58.2 Å². The first kappa shape index (κ1) is 28.1. The number of halogens is 1. The van der Waals surface area contributed by atoms with Gasteiger partial charge in [0, 0.05) is 49.1 Å². The summed E-state index contributed by atoms with van der Waals surface area (Å²) in [6.07, 6.45) is 2.95. The predicted molar refractivity (Wildman–Crippen MR) is 168 cm³/mol. The molecular formula is C32H29ClN4O3S. The Kier molecular flexibility index (Phi) is 8.82. The third-order valence-electron chi connectivity index (χ3n) is 6.81. The molecule has 2 heterocycles. The number of thiocarbonyl (C=S) groups is 1. The number of rotatable bonds is 6. The van der Waals surface area contributed by atoms with Crippen molar-refractivity contribution in [3.05, 3.63) is 113 Å². The second kappa shape index (κ2) is 12.8. The molecule has 41 heavy (non-hydrogen) atoms. The van der Waals surface area contributed by atoms with Crippen molar-refractivity contribution in [2.24, 2.45) is 0 Å².